The molecule has 2 N–H and O–H groups in total. The van der Waals surface area contributed by atoms with E-state index in [0.717, 1.165) is 7.11 Å². The molecule has 1 aromatic rings. The highest BCUT2D eigenvalue weighted by Gasteiger charge is 2.33. The van der Waals surface area contributed by atoms with Crippen LogP contribution < -0.4 is 5.32 Å². The Bertz CT molecular complexity index is 736. The molecule has 1 amide bonds. The molecular formula is C18H24N2O9. The van der Waals surface area contributed by atoms with E-state index in [4.69, 9.17) is 4.74 Å². The van der Waals surface area contributed by atoms with Crippen molar-refractivity contribution < 1.29 is 38.9 Å². The van der Waals surface area contributed by atoms with Crippen LogP contribution in [-0.4, -0.2) is 41.6 Å². The smallest absolute Gasteiger partial charge is 0.409 e. The second-order valence-electron chi connectivity index (χ2n) is 6.58. The highest BCUT2D eigenvalue weighted by atomic mass is 16.9. The molecule has 1 aromatic carbocycles. The van der Waals surface area contributed by atoms with Gasteiger partial charge < -0.3 is 19.4 Å². The number of alkyl carbamates (subject to hydrolysis) is 1. The number of benzene rings is 1. The molecule has 0 fully saturated rings. The van der Waals surface area contributed by atoms with E-state index in [1.807, 2.05) is 13.8 Å². The minimum Gasteiger partial charge on any atom is -0.481 e. The summed E-state index contributed by atoms with van der Waals surface area (Å²) in [7, 11) is 1.09. The number of carbonyl (C=O) groups is 3. The number of hydrogen-bond donors (Lipinski definition) is 2. The van der Waals surface area contributed by atoms with Crippen molar-refractivity contribution in [2.45, 2.75) is 39.5 Å². The van der Waals surface area contributed by atoms with Crippen molar-refractivity contribution in [2.75, 3.05) is 7.11 Å². The number of nitrogens with one attached hydrogen (secondary N) is 1. The normalized spacial score (nSPS) is 12.6. The van der Waals surface area contributed by atoms with Gasteiger partial charge in [-0.3, -0.25) is 10.1 Å². The lowest BCUT2D eigenvalue weighted by molar-refractivity contribution is -0.763. The van der Waals surface area contributed by atoms with Gasteiger partial charge in [0.2, 0.25) is 0 Å². The van der Waals surface area contributed by atoms with E-state index in [0.29, 0.717) is 12.0 Å². The number of methoxy groups -OCH3 is 1. The largest absolute Gasteiger partial charge is 0.481 e. The van der Waals surface area contributed by atoms with Crippen LogP contribution in [0.5, 0.6) is 0 Å². The van der Waals surface area contributed by atoms with Gasteiger partial charge in [0.25, 0.3) is 5.09 Å². The highest BCUT2D eigenvalue weighted by Crippen LogP contribution is 2.19. The van der Waals surface area contributed by atoms with Crippen molar-refractivity contribution in [1.29, 1.82) is 0 Å². The lowest BCUT2D eigenvalue weighted by Crippen LogP contribution is -2.46. The first-order chi connectivity index (χ1) is 13.6. The number of ether oxygens (including phenoxy) is 2. The second-order valence-corrected chi connectivity index (χ2v) is 6.58. The van der Waals surface area contributed by atoms with Crippen molar-refractivity contribution in [1.82, 2.24) is 5.32 Å². The van der Waals surface area contributed by atoms with Crippen LogP contribution in [0.1, 0.15) is 42.6 Å². The van der Waals surface area contributed by atoms with Gasteiger partial charge in [-0.05, 0) is 36.5 Å². The summed E-state index contributed by atoms with van der Waals surface area (Å²) in [6, 6.07) is 5.67. The molecule has 29 heavy (non-hydrogen) atoms. The summed E-state index contributed by atoms with van der Waals surface area (Å²) in [5, 5.41) is 21.1. The third-order valence-electron chi connectivity index (χ3n) is 3.92. The zero-order valence-electron chi connectivity index (χ0n) is 16.3. The summed E-state index contributed by atoms with van der Waals surface area (Å²) in [6.07, 6.45) is -1.73. The summed E-state index contributed by atoms with van der Waals surface area (Å²) < 4.78 is 9.72. The maximum atomic E-state index is 12.5. The molecule has 11 nitrogen and oxygen atoms in total. The third-order valence-corrected chi connectivity index (χ3v) is 3.92. The standard InChI is InChI=1S/C18H24N2O9/c1-11(2)7-8-14(16(21)22)15(19-18(24)27-3)29-17(23)13-6-4-5-12(9-13)10-28-20(25)26/h4-6,9,11,14-15H,7-8,10H2,1-3H3,(H,19,24)(H,21,22)/t14?,15-/m0/s1. The molecule has 11 heteroatoms. The lowest BCUT2D eigenvalue weighted by Gasteiger charge is -2.25. The maximum absolute atomic E-state index is 12.5. The fourth-order valence-electron chi connectivity index (χ4n) is 2.40. The van der Waals surface area contributed by atoms with Crippen molar-refractivity contribution in [3.05, 3.63) is 45.5 Å². The van der Waals surface area contributed by atoms with Crippen molar-refractivity contribution >= 4 is 18.0 Å². The number of esters is 1. The molecule has 0 aliphatic carbocycles. The minimum atomic E-state index is -1.47. The first kappa shape index (κ1) is 23.7. The second kappa shape index (κ2) is 11.5. The number of carbonyl (C=O) groups excluding carboxylic acids is 2. The van der Waals surface area contributed by atoms with E-state index in [1.54, 1.807) is 0 Å². The van der Waals surface area contributed by atoms with Crippen LogP contribution in [-0.2, 0) is 25.7 Å². The van der Waals surface area contributed by atoms with E-state index < -0.39 is 35.3 Å². The zero-order valence-corrected chi connectivity index (χ0v) is 16.3. The average molecular weight is 412 g/mol. The monoisotopic (exact) mass is 412 g/mol. The average Bonchev–Trinajstić information content (AvgIpc) is 2.65. The van der Waals surface area contributed by atoms with Crippen LogP contribution in [0.2, 0.25) is 0 Å². The topological polar surface area (TPSA) is 154 Å². The van der Waals surface area contributed by atoms with Gasteiger partial charge >= 0.3 is 18.0 Å². The van der Waals surface area contributed by atoms with Gasteiger partial charge in [-0.2, -0.15) is 0 Å². The number of aliphatic carboxylic acids is 1. The Labute approximate surface area is 167 Å². The molecule has 160 valence electrons. The molecule has 0 bridgehead atoms. The summed E-state index contributed by atoms with van der Waals surface area (Å²) in [6.45, 7) is 3.45. The van der Waals surface area contributed by atoms with E-state index in [1.165, 1.54) is 24.3 Å². The molecule has 0 aliphatic rings. The molecule has 0 radical (unpaired) electrons. The molecule has 0 aromatic heterocycles. The number of carboxylic acids is 1. The van der Waals surface area contributed by atoms with Crippen LogP contribution in [0, 0.1) is 22.0 Å². The van der Waals surface area contributed by atoms with E-state index in [-0.39, 0.29) is 24.5 Å². The van der Waals surface area contributed by atoms with Gasteiger partial charge in [0, 0.05) is 0 Å². The van der Waals surface area contributed by atoms with E-state index >= 15 is 0 Å². The lowest BCUT2D eigenvalue weighted by atomic mass is 9.96. The van der Waals surface area contributed by atoms with Gasteiger partial charge in [0.15, 0.2) is 6.23 Å². The van der Waals surface area contributed by atoms with Gasteiger partial charge in [-0.15, -0.1) is 10.1 Å². The van der Waals surface area contributed by atoms with Crippen LogP contribution in [0.15, 0.2) is 24.3 Å². The first-order valence-electron chi connectivity index (χ1n) is 8.78. The van der Waals surface area contributed by atoms with Gasteiger partial charge in [-0.1, -0.05) is 26.0 Å². The van der Waals surface area contributed by atoms with Crippen LogP contribution in [0.4, 0.5) is 4.79 Å². The number of nitrogens with zero attached hydrogens (tertiary/aromatic N) is 1. The predicted molar refractivity (Wildman–Crippen MR) is 98.2 cm³/mol. The maximum Gasteiger partial charge on any atom is 0.409 e. The minimum absolute atomic E-state index is 0.0131. The van der Waals surface area contributed by atoms with Crippen LogP contribution in [0.3, 0.4) is 0 Å². The van der Waals surface area contributed by atoms with Crippen LogP contribution in [0.25, 0.3) is 0 Å². The summed E-state index contributed by atoms with van der Waals surface area (Å²) in [4.78, 5) is 50.3. The van der Waals surface area contributed by atoms with Gasteiger partial charge in [-0.25, -0.2) is 9.59 Å². The van der Waals surface area contributed by atoms with Crippen molar-refractivity contribution in [3.8, 4) is 0 Å². The summed E-state index contributed by atoms with van der Waals surface area (Å²) in [5.41, 5.74) is 0.349. The van der Waals surface area contributed by atoms with Crippen LogP contribution >= 0.6 is 0 Å². The molecule has 0 aliphatic heterocycles. The van der Waals surface area contributed by atoms with Gasteiger partial charge in [0.1, 0.15) is 12.5 Å². The summed E-state index contributed by atoms with van der Waals surface area (Å²) in [5.74, 6) is -3.15. The number of rotatable bonds is 11. The Hall–Kier alpha value is -3.37. The molecule has 1 rings (SSSR count). The van der Waals surface area contributed by atoms with Crippen molar-refractivity contribution in [2.24, 2.45) is 11.8 Å². The third kappa shape index (κ3) is 8.45. The quantitative estimate of drug-likeness (QED) is 0.241. The predicted octanol–water partition coefficient (Wildman–Crippen LogP) is 2.37. The highest BCUT2D eigenvalue weighted by molar-refractivity contribution is 5.90. The summed E-state index contributed by atoms with van der Waals surface area (Å²) >= 11 is 0. The zero-order chi connectivity index (χ0) is 22.0. The van der Waals surface area contributed by atoms with Gasteiger partial charge in [0.05, 0.1) is 12.7 Å². The molecule has 0 saturated carbocycles. The van der Waals surface area contributed by atoms with E-state index in [9.17, 15) is 29.6 Å². The Morgan fingerprint density at radius 1 is 1.24 bits per heavy atom. The first-order valence-corrected chi connectivity index (χ1v) is 8.78. The Morgan fingerprint density at radius 2 is 1.93 bits per heavy atom. The molecular weight excluding hydrogens is 388 g/mol. The SMILES string of the molecule is COC(=O)N[C@@H](OC(=O)c1cccc(CO[N+](=O)[O-])c1)C(CCC(C)C)C(=O)O. The molecule has 0 spiro atoms. The molecule has 2 atom stereocenters. The fourth-order valence-corrected chi connectivity index (χ4v) is 2.40. The molecule has 1 unspecified atom stereocenters. The van der Waals surface area contributed by atoms with Crippen molar-refractivity contribution in [3.63, 3.8) is 0 Å². The Morgan fingerprint density at radius 3 is 2.48 bits per heavy atom. The molecule has 0 heterocycles. The number of amides is 1. The number of hydrogen-bond acceptors (Lipinski definition) is 8. The molecule has 0 saturated heterocycles. The Kier molecular flexibility index (Phi) is 9.36. The fraction of sp³-hybridized carbons (Fsp3) is 0.500. The van der Waals surface area contributed by atoms with E-state index in [2.05, 4.69) is 14.9 Å². The number of carboxylic acid groups (broad SMARTS) is 1. The Balaban J connectivity index is 3.00.